The summed E-state index contributed by atoms with van der Waals surface area (Å²) in [5, 5.41) is 2.48. The molecule has 3 aromatic rings. The first kappa shape index (κ1) is 18.2. The standard InChI is InChI=1S/C21H27N3S2/c1-3-5-8-12-25-21-19-18(22-13-23-21)17-15-11-7-6-10-14(15)16(9-4-2)24-20(17)26-19/h13H,3-12H2,1-2H3. The quantitative estimate of drug-likeness (QED) is 0.270. The minimum absolute atomic E-state index is 1.09. The largest absolute Gasteiger partial charge is 0.242 e. The Morgan fingerprint density at radius 1 is 1.04 bits per heavy atom. The number of nitrogens with zero attached hydrogens (tertiary/aromatic N) is 3. The van der Waals surface area contributed by atoms with Gasteiger partial charge in [0.15, 0.2) is 0 Å². The molecule has 0 unspecified atom stereocenters. The summed E-state index contributed by atoms with van der Waals surface area (Å²) in [5.41, 5.74) is 5.55. The van der Waals surface area contributed by atoms with Crippen LogP contribution < -0.4 is 0 Å². The highest BCUT2D eigenvalue weighted by molar-refractivity contribution is 7.99. The van der Waals surface area contributed by atoms with Gasteiger partial charge in [-0.2, -0.15) is 0 Å². The molecule has 1 aliphatic carbocycles. The van der Waals surface area contributed by atoms with Crippen molar-refractivity contribution in [2.24, 2.45) is 0 Å². The van der Waals surface area contributed by atoms with E-state index in [0.29, 0.717) is 0 Å². The molecule has 3 heterocycles. The van der Waals surface area contributed by atoms with Crippen LogP contribution in [0.4, 0.5) is 0 Å². The minimum atomic E-state index is 1.09. The van der Waals surface area contributed by atoms with Gasteiger partial charge in [-0.1, -0.05) is 33.1 Å². The van der Waals surface area contributed by atoms with Gasteiger partial charge in [-0.3, -0.25) is 0 Å². The molecule has 5 heteroatoms. The second-order valence-corrected chi connectivity index (χ2v) is 9.25. The number of rotatable bonds is 7. The molecule has 4 rings (SSSR count). The van der Waals surface area contributed by atoms with Crippen molar-refractivity contribution in [2.75, 3.05) is 5.75 Å². The molecular formula is C21H27N3S2. The van der Waals surface area contributed by atoms with Gasteiger partial charge < -0.3 is 0 Å². The fourth-order valence-corrected chi connectivity index (χ4v) is 6.24. The van der Waals surface area contributed by atoms with Gasteiger partial charge in [0.25, 0.3) is 0 Å². The van der Waals surface area contributed by atoms with Gasteiger partial charge in [-0.15, -0.1) is 23.1 Å². The number of pyridine rings is 1. The number of hydrogen-bond acceptors (Lipinski definition) is 5. The molecule has 0 saturated carbocycles. The Kier molecular flexibility index (Phi) is 5.75. The summed E-state index contributed by atoms with van der Waals surface area (Å²) in [7, 11) is 0. The fraction of sp³-hybridized carbons (Fsp3) is 0.571. The smallest absolute Gasteiger partial charge is 0.126 e. The Morgan fingerprint density at radius 3 is 2.69 bits per heavy atom. The number of thioether (sulfide) groups is 1. The maximum atomic E-state index is 5.11. The molecule has 1 aliphatic rings. The first-order valence-corrected chi connectivity index (χ1v) is 11.8. The van der Waals surface area contributed by atoms with E-state index in [1.807, 2.05) is 23.1 Å². The van der Waals surface area contributed by atoms with Gasteiger partial charge in [0, 0.05) is 11.1 Å². The van der Waals surface area contributed by atoms with Gasteiger partial charge in [-0.25, -0.2) is 15.0 Å². The lowest BCUT2D eigenvalue weighted by Crippen LogP contribution is -2.09. The summed E-state index contributed by atoms with van der Waals surface area (Å²) in [5.74, 6) is 1.14. The molecule has 0 aromatic carbocycles. The van der Waals surface area contributed by atoms with Gasteiger partial charge in [0.05, 0.1) is 10.2 Å². The third kappa shape index (κ3) is 3.36. The second-order valence-electron chi connectivity index (χ2n) is 7.17. The number of unbranched alkanes of at least 4 members (excludes halogenated alkanes) is 2. The topological polar surface area (TPSA) is 38.7 Å². The van der Waals surface area contributed by atoms with Gasteiger partial charge in [0.2, 0.25) is 0 Å². The summed E-state index contributed by atoms with van der Waals surface area (Å²) >= 11 is 3.70. The second kappa shape index (κ2) is 8.22. The van der Waals surface area contributed by atoms with Crippen molar-refractivity contribution in [1.82, 2.24) is 15.0 Å². The molecule has 0 atom stereocenters. The predicted octanol–water partition coefficient (Wildman–Crippen LogP) is 6.35. The monoisotopic (exact) mass is 385 g/mol. The van der Waals surface area contributed by atoms with Crippen LogP contribution in [0.5, 0.6) is 0 Å². The third-order valence-electron chi connectivity index (χ3n) is 5.25. The summed E-state index contributed by atoms with van der Waals surface area (Å²) in [6.07, 6.45) is 12.8. The Labute approximate surface area is 164 Å². The molecule has 3 aromatic heterocycles. The van der Waals surface area contributed by atoms with Crippen molar-refractivity contribution >= 4 is 43.5 Å². The molecule has 138 valence electrons. The summed E-state index contributed by atoms with van der Waals surface area (Å²) < 4.78 is 1.25. The fourth-order valence-electron chi connectivity index (χ4n) is 3.98. The molecule has 0 spiro atoms. The average Bonchev–Trinajstić information content (AvgIpc) is 3.05. The Balaban J connectivity index is 1.83. The lowest BCUT2D eigenvalue weighted by atomic mass is 9.88. The van der Waals surface area contributed by atoms with Gasteiger partial charge >= 0.3 is 0 Å². The van der Waals surface area contributed by atoms with Crippen LogP contribution >= 0.6 is 23.1 Å². The van der Waals surface area contributed by atoms with Crippen molar-refractivity contribution in [3.63, 3.8) is 0 Å². The van der Waals surface area contributed by atoms with Crippen LogP contribution in [0.3, 0.4) is 0 Å². The Morgan fingerprint density at radius 2 is 1.88 bits per heavy atom. The zero-order valence-corrected chi connectivity index (χ0v) is 17.4. The zero-order valence-electron chi connectivity index (χ0n) is 15.8. The Bertz CT molecular complexity index is 917. The van der Waals surface area contributed by atoms with Crippen LogP contribution in [-0.4, -0.2) is 20.7 Å². The maximum absolute atomic E-state index is 5.11. The highest BCUT2D eigenvalue weighted by Crippen LogP contribution is 2.41. The molecular weight excluding hydrogens is 358 g/mol. The number of fused-ring (bicyclic) bond motifs is 5. The number of aromatic nitrogens is 3. The van der Waals surface area contributed by atoms with Crippen molar-refractivity contribution in [3.05, 3.63) is 23.1 Å². The molecule has 0 amide bonds. The van der Waals surface area contributed by atoms with Crippen LogP contribution in [0.25, 0.3) is 20.4 Å². The summed E-state index contributed by atoms with van der Waals surface area (Å²) in [4.78, 5) is 15.6. The normalized spacial score (nSPS) is 14.2. The lowest BCUT2D eigenvalue weighted by Gasteiger charge is -2.19. The predicted molar refractivity (Wildman–Crippen MR) is 114 cm³/mol. The van der Waals surface area contributed by atoms with E-state index in [0.717, 1.165) is 29.1 Å². The van der Waals surface area contributed by atoms with E-state index in [1.165, 1.54) is 76.7 Å². The number of thiophene rings is 1. The molecule has 0 fully saturated rings. The van der Waals surface area contributed by atoms with E-state index in [1.54, 1.807) is 6.33 Å². The molecule has 0 bridgehead atoms. The first-order chi connectivity index (χ1) is 12.8. The van der Waals surface area contributed by atoms with E-state index >= 15 is 0 Å². The van der Waals surface area contributed by atoms with Gasteiger partial charge in [0.1, 0.15) is 16.2 Å². The SMILES string of the molecule is CCCCCSc1ncnc2c1sc1nc(CCC)c3c(c12)CCCC3. The van der Waals surface area contributed by atoms with E-state index < -0.39 is 0 Å². The van der Waals surface area contributed by atoms with Crippen LogP contribution in [0.1, 0.15) is 69.2 Å². The summed E-state index contributed by atoms with van der Waals surface area (Å²) in [6.45, 7) is 4.50. The van der Waals surface area contributed by atoms with E-state index in [9.17, 15) is 0 Å². The maximum Gasteiger partial charge on any atom is 0.126 e. The lowest BCUT2D eigenvalue weighted by molar-refractivity contribution is 0.675. The molecule has 0 saturated heterocycles. The zero-order chi connectivity index (χ0) is 17.9. The average molecular weight is 386 g/mol. The van der Waals surface area contributed by atoms with E-state index in [4.69, 9.17) is 9.97 Å². The number of aryl methyl sites for hydroxylation is 2. The van der Waals surface area contributed by atoms with E-state index in [2.05, 4.69) is 18.8 Å². The molecule has 26 heavy (non-hydrogen) atoms. The van der Waals surface area contributed by atoms with Crippen molar-refractivity contribution in [1.29, 1.82) is 0 Å². The molecule has 0 aliphatic heterocycles. The van der Waals surface area contributed by atoms with Crippen molar-refractivity contribution in [3.8, 4) is 0 Å². The molecule has 0 radical (unpaired) electrons. The van der Waals surface area contributed by atoms with E-state index in [-0.39, 0.29) is 0 Å². The van der Waals surface area contributed by atoms with Crippen LogP contribution in [0, 0.1) is 0 Å². The minimum Gasteiger partial charge on any atom is -0.242 e. The van der Waals surface area contributed by atoms with Crippen LogP contribution in [-0.2, 0) is 19.3 Å². The molecule has 0 N–H and O–H groups in total. The highest BCUT2D eigenvalue weighted by Gasteiger charge is 2.22. The van der Waals surface area contributed by atoms with Gasteiger partial charge in [-0.05, 0) is 55.4 Å². The third-order valence-corrected chi connectivity index (χ3v) is 7.53. The van der Waals surface area contributed by atoms with Crippen molar-refractivity contribution in [2.45, 2.75) is 76.7 Å². The van der Waals surface area contributed by atoms with Crippen LogP contribution in [0.15, 0.2) is 11.4 Å². The van der Waals surface area contributed by atoms with Crippen molar-refractivity contribution < 1.29 is 0 Å². The van der Waals surface area contributed by atoms with Crippen LogP contribution in [0.2, 0.25) is 0 Å². The first-order valence-electron chi connectivity index (χ1n) is 10.0. The number of hydrogen-bond donors (Lipinski definition) is 0. The Hall–Kier alpha value is -1.20. The summed E-state index contributed by atoms with van der Waals surface area (Å²) in [6, 6.07) is 0. The molecule has 3 nitrogen and oxygen atoms in total. The highest BCUT2D eigenvalue weighted by atomic mass is 32.2.